The lowest BCUT2D eigenvalue weighted by Crippen LogP contribution is -2.34. The Kier molecular flexibility index (Phi) is 3.42. The second-order valence-electron chi connectivity index (χ2n) is 4.24. The molecule has 1 saturated heterocycles. The lowest BCUT2D eigenvalue weighted by molar-refractivity contribution is 0.180. The van der Waals surface area contributed by atoms with E-state index < -0.39 is 5.82 Å². The van der Waals surface area contributed by atoms with Gasteiger partial charge in [-0.05, 0) is 19.8 Å². The van der Waals surface area contributed by atoms with Gasteiger partial charge in [0, 0.05) is 13.7 Å². The minimum absolute atomic E-state index is 0.0874. The van der Waals surface area contributed by atoms with Crippen LogP contribution < -0.4 is 10.6 Å². The van der Waals surface area contributed by atoms with Gasteiger partial charge in [0.15, 0.2) is 11.6 Å². The maximum atomic E-state index is 13.9. The third-order valence-electron chi connectivity index (χ3n) is 2.98. The van der Waals surface area contributed by atoms with E-state index in [0.717, 1.165) is 19.4 Å². The molecule has 1 aromatic rings. The molecule has 0 aliphatic carbocycles. The smallest absolute Gasteiger partial charge is 0.207 e. The Morgan fingerprint density at radius 1 is 1.53 bits per heavy atom. The van der Waals surface area contributed by atoms with Gasteiger partial charge in [0.1, 0.15) is 5.82 Å². The Morgan fingerprint density at radius 3 is 3.00 bits per heavy atom. The highest BCUT2D eigenvalue weighted by molar-refractivity contribution is 5.50. The van der Waals surface area contributed by atoms with E-state index in [1.54, 1.807) is 14.0 Å². The minimum Gasteiger partial charge on any atom is -0.383 e. The molecule has 1 unspecified atom stereocenters. The Bertz CT molecular complexity index is 413. The van der Waals surface area contributed by atoms with Gasteiger partial charge in [-0.1, -0.05) is 0 Å². The van der Waals surface area contributed by atoms with Gasteiger partial charge in [-0.15, -0.1) is 0 Å². The number of methoxy groups -OCH3 is 1. The summed E-state index contributed by atoms with van der Waals surface area (Å²) in [5, 5.41) is 0. The summed E-state index contributed by atoms with van der Waals surface area (Å²) >= 11 is 0. The Balaban J connectivity index is 2.32. The lowest BCUT2D eigenvalue weighted by Gasteiger charge is -2.25. The zero-order chi connectivity index (χ0) is 12.4. The zero-order valence-electron chi connectivity index (χ0n) is 10.1. The van der Waals surface area contributed by atoms with Crippen molar-refractivity contribution in [2.24, 2.45) is 0 Å². The molecule has 1 atom stereocenters. The molecule has 1 aromatic heterocycles. The largest absolute Gasteiger partial charge is 0.383 e. The van der Waals surface area contributed by atoms with E-state index in [-0.39, 0.29) is 11.9 Å². The molecule has 0 saturated carbocycles. The van der Waals surface area contributed by atoms with Crippen molar-refractivity contribution in [1.82, 2.24) is 9.97 Å². The third kappa shape index (κ3) is 2.31. The van der Waals surface area contributed by atoms with Crippen LogP contribution in [-0.4, -0.2) is 36.3 Å². The summed E-state index contributed by atoms with van der Waals surface area (Å²) in [5.74, 6) is 0.172. The van der Waals surface area contributed by atoms with Gasteiger partial charge in [-0.2, -0.15) is 4.39 Å². The van der Waals surface area contributed by atoms with Crippen LogP contribution in [0.15, 0.2) is 0 Å². The number of nitrogens with two attached hydrogens (primary N) is 1. The predicted octanol–water partition coefficient (Wildman–Crippen LogP) is 1.12. The number of aromatic nitrogens is 2. The van der Waals surface area contributed by atoms with Crippen molar-refractivity contribution >= 4 is 11.6 Å². The second kappa shape index (κ2) is 4.83. The van der Waals surface area contributed by atoms with Crippen LogP contribution in [0.5, 0.6) is 0 Å². The average Bonchev–Trinajstić information content (AvgIpc) is 2.72. The minimum atomic E-state index is -0.529. The van der Waals surface area contributed by atoms with E-state index in [1.807, 2.05) is 4.90 Å². The van der Waals surface area contributed by atoms with E-state index >= 15 is 0 Å². The molecular formula is C11H17FN4O. The second-order valence-corrected chi connectivity index (χ2v) is 4.24. The Labute approximate surface area is 99.8 Å². The fourth-order valence-corrected chi connectivity index (χ4v) is 2.24. The highest BCUT2D eigenvalue weighted by Gasteiger charge is 2.28. The molecule has 0 spiro atoms. The first-order valence-corrected chi connectivity index (χ1v) is 5.68. The quantitative estimate of drug-likeness (QED) is 0.857. The van der Waals surface area contributed by atoms with Crippen LogP contribution in [0.2, 0.25) is 0 Å². The van der Waals surface area contributed by atoms with Crippen molar-refractivity contribution in [2.75, 3.05) is 30.9 Å². The van der Waals surface area contributed by atoms with E-state index in [2.05, 4.69) is 9.97 Å². The van der Waals surface area contributed by atoms with Crippen LogP contribution in [0.4, 0.5) is 16.0 Å². The van der Waals surface area contributed by atoms with Gasteiger partial charge in [0.25, 0.3) is 0 Å². The summed E-state index contributed by atoms with van der Waals surface area (Å²) < 4.78 is 19.1. The molecule has 0 amide bonds. The van der Waals surface area contributed by atoms with Crippen molar-refractivity contribution in [3.8, 4) is 0 Å². The highest BCUT2D eigenvalue weighted by atomic mass is 19.1. The molecule has 0 aromatic carbocycles. The molecule has 2 N–H and O–H groups in total. The fourth-order valence-electron chi connectivity index (χ4n) is 2.24. The van der Waals surface area contributed by atoms with Gasteiger partial charge < -0.3 is 15.4 Å². The van der Waals surface area contributed by atoms with Crippen LogP contribution in [0, 0.1) is 12.7 Å². The highest BCUT2D eigenvalue weighted by Crippen LogP contribution is 2.28. The van der Waals surface area contributed by atoms with E-state index in [0.29, 0.717) is 18.2 Å². The van der Waals surface area contributed by atoms with Crippen LogP contribution >= 0.6 is 0 Å². The number of hydrogen-bond donors (Lipinski definition) is 1. The summed E-state index contributed by atoms with van der Waals surface area (Å²) in [4.78, 5) is 9.88. The molecule has 2 heterocycles. The maximum Gasteiger partial charge on any atom is 0.207 e. The predicted molar refractivity (Wildman–Crippen MR) is 63.4 cm³/mol. The molecule has 17 heavy (non-hydrogen) atoms. The molecular weight excluding hydrogens is 223 g/mol. The third-order valence-corrected chi connectivity index (χ3v) is 2.98. The Morgan fingerprint density at radius 2 is 2.29 bits per heavy atom. The van der Waals surface area contributed by atoms with Crippen LogP contribution in [0.1, 0.15) is 18.7 Å². The normalized spacial score (nSPS) is 19.9. The number of aryl methyl sites for hydroxylation is 1. The molecule has 1 aliphatic rings. The van der Waals surface area contributed by atoms with Crippen molar-refractivity contribution in [3.05, 3.63) is 11.6 Å². The van der Waals surface area contributed by atoms with Gasteiger partial charge in [-0.3, -0.25) is 0 Å². The molecule has 0 radical (unpaired) electrons. The standard InChI is InChI=1S/C11H17FN4O/c1-7-14-10(13)9(12)11(15-7)16-5-3-4-8(16)6-17-2/h8H,3-6H2,1-2H3,(H2,13,14,15). The summed E-state index contributed by atoms with van der Waals surface area (Å²) in [6.45, 7) is 3.06. The van der Waals surface area contributed by atoms with Crippen molar-refractivity contribution < 1.29 is 9.13 Å². The number of rotatable bonds is 3. The zero-order valence-corrected chi connectivity index (χ0v) is 10.1. The van der Waals surface area contributed by atoms with Crippen LogP contribution in [-0.2, 0) is 4.74 Å². The van der Waals surface area contributed by atoms with Gasteiger partial charge in [0.05, 0.1) is 12.6 Å². The summed E-state index contributed by atoms with van der Waals surface area (Å²) in [5.41, 5.74) is 5.52. The molecule has 94 valence electrons. The van der Waals surface area contributed by atoms with E-state index in [1.165, 1.54) is 0 Å². The molecule has 1 aliphatic heterocycles. The first-order chi connectivity index (χ1) is 8.13. The first kappa shape index (κ1) is 12.0. The number of anilines is 2. The average molecular weight is 240 g/mol. The monoisotopic (exact) mass is 240 g/mol. The van der Waals surface area contributed by atoms with Gasteiger partial charge in [-0.25, -0.2) is 9.97 Å². The van der Waals surface area contributed by atoms with Crippen LogP contribution in [0.3, 0.4) is 0 Å². The number of ether oxygens (including phenoxy) is 1. The van der Waals surface area contributed by atoms with Gasteiger partial charge in [0.2, 0.25) is 5.82 Å². The molecule has 0 bridgehead atoms. The maximum absolute atomic E-state index is 13.9. The molecule has 6 heteroatoms. The van der Waals surface area contributed by atoms with Crippen LogP contribution in [0.25, 0.3) is 0 Å². The van der Waals surface area contributed by atoms with Gasteiger partial charge >= 0.3 is 0 Å². The molecule has 2 rings (SSSR count). The summed E-state index contributed by atoms with van der Waals surface area (Å²) in [7, 11) is 1.65. The topological polar surface area (TPSA) is 64.3 Å². The molecule has 5 nitrogen and oxygen atoms in total. The van der Waals surface area contributed by atoms with Crippen molar-refractivity contribution in [1.29, 1.82) is 0 Å². The summed E-state index contributed by atoms with van der Waals surface area (Å²) in [6.07, 6.45) is 1.99. The number of nitrogen functional groups attached to an aromatic ring is 1. The van der Waals surface area contributed by atoms with Crippen molar-refractivity contribution in [2.45, 2.75) is 25.8 Å². The SMILES string of the molecule is COCC1CCCN1c1nc(C)nc(N)c1F. The van der Waals surface area contributed by atoms with E-state index in [9.17, 15) is 4.39 Å². The van der Waals surface area contributed by atoms with E-state index in [4.69, 9.17) is 10.5 Å². The van der Waals surface area contributed by atoms with Crippen molar-refractivity contribution in [3.63, 3.8) is 0 Å². The fraction of sp³-hybridized carbons (Fsp3) is 0.636. The first-order valence-electron chi connectivity index (χ1n) is 5.68. The summed E-state index contributed by atoms with van der Waals surface area (Å²) in [6, 6.07) is 0.170. The Hall–Kier alpha value is -1.43. The molecule has 1 fully saturated rings. The number of nitrogens with zero attached hydrogens (tertiary/aromatic N) is 3. The number of hydrogen-bond acceptors (Lipinski definition) is 5. The lowest BCUT2D eigenvalue weighted by atomic mass is 10.2. The number of halogens is 1.